The number of carbonyl (C=O) groups excluding carboxylic acids is 1. The lowest BCUT2D eigenvalue weighted by molar-refractivity contribution is -0.0741. The second-order valence-corrected chi connectivity index (χ2v) is 14.1. The van der Waals surface area contributed by atoms with Gasteiger partial charge in [-0.3, -0.25) is 4.79 Å². The van der Waals surface area contributed by atoms with Crippen LogP contribution in [0.5, 0.6) is 0 Å². The van der Waals surface area contributed by atoms with Crippen molar-refractivity contribution in [3.63, 3.8) is 0 Å². The average Bonchev–Trinajstić information content (AvgIpc) is 3.53. The van der Waals surface area contributed by atoms with Gasteiger partial charge in [0, 0.05) is 29.8 Å². The molecule has 0 aliphatic carbocycles. The molecule has 2 aliphatic heterocycles. The van der Waals surface area contributed by atoms with E-state index < -0.39 is 21.2 Å². The van der Waals surface area contributed by atoms with Gasteiger partial charge < -0.3 is 15.0 Å². The minimum Gasteiger partial charge on any atom is -0.365 e. The number of halogens is 2. The Kier molecular flexibility index (Phi) is 7.22. The van der Waals surface area contributed by atoms with Crippen LogP contribution in [-0.2, 0) is 27.0 Å². The van der Waals surface area contributed by atoms with E-state index in [1.165, 1.54) is 28.0 Å². The number of rotatable bonds is 5. The van der Waals surface area contributed by atoms with Crippen molar-refractivity contribution in [1.29, 1.82) is 0 Å². The molecule has 4 aromatic rings. The van der Waals surface area contributed by atoms with Crippen LogP contribution < -0.4 is 10.0 Å². The lowest BCUT2D eigenvalue weighted by atomic mass is 9.83. The van der Waals surface area contributed by atoms with Gasteiger partial charge in [-0.05, 0) is 62.9 Å². The van der Waals surface area contributed by atoms with E-state index in [1.807, 2.05) is 12.1 Å². The van der Waals surface area contributed by atoms with Crippen molar-refractivity contribution >= 4 is 56.3 Å². The maximum Gasteiger partial charge on any atom is 0.259 e. The molecule has 2 N–H and O–H groups in total. The molecule has 4 heterocycles. The zero-order chi connectivity index (χ0) is 29.9. The van der Waals surface area contributed by atoms with Gasteiger partial charge in [-0.1, -0.05) is 47.5 Å². The Bertz CT molecular complexity index is 1810. The average molecular weight is 630 g/mol. The Labute approximate surface area is 254 Å². The van der Waals surface area contributed by atoms with E-state index in [1.54, 1.807) is 43.9 Å². The third-order valence-corrected chi connectivity index (χ3v) is 9.82. The Morgan fingerprint density at radius 3 is 2.55 bits per heavy atom. The fourth-order valence-corrected chi connectivity index (χ4v) is 7.41. The first-order valence-corrected chi connectivity index (χ1v) is 15.8. The van der Waals surface area contributed by atoms with Gasteiger partial charge in [0.05, 0.1) is 29.1 Å². The number of amides is 1. The summed E-state index contributed by atoms with van der Waals surface area (Å²) in [5.41, 5.74) is 1.92. The maximum absolute atomic E-state index is 14.0. The molecule has 10 nitrogen and oxygen atoms in total. The first-order valence-electron chi connectivity index (χ1n) is 13.5. The van der Waals surface area contributed by atoms with E-state index in [9.17, 15) is 13.2 Å². The number of aromatic nitrogens is 3. The smallest absolute Gasteiger partial charge is 0.259 e. The van der Waals surface area contributed by atoms with Crippen molar-refractivity contribution in [1.82, 2.24) is 24.2 Å². The van der Waals surface area contributed by atoms with E-state index in [0.29, 0.717) is 48.3 Å². The number of nitrogens with zero attached hydrogens (tertiary/aromatic N) is 4. The van der Waals surface area contributed by atoms with Gasteiger partial charge in [-0.25, -0.2) is 18.1 Å². The predicted molar refractivity (Wildman–Crippen MR) is 161 cm³/mol. The molecule has 13 heteroatoms. The molecular formula is C29H30Cl2N6O4S. The van der Waals surface area contributed by atoms with E-state index in [-0.39, 0.29) is 27.8 Å². The second-order valence-electron chi connectivity index (χ2n) is 11.6. The summed E-state index contributed by atoms with van der Waals surface area (Å²) >= 11 is 12.7. The molecule has 0 unspecified atom stereocenters. The molecule has 0 bridgehead atoms. The summed E-state index contributed by atoms with van der Waals surface area (Å²) < 4.78 is 36.6. The summed E-state index contributed by atoms with van der Waals surface area (Å²) in [5, 5.41) is 8.30. The maximum atomic E-state index is 14.0. The van der Waals surface area contributed by atoms with Crippen LogP contribution in [-0.4, -0.2) is 52.5 Å². The number of fused-ring (bicyclic) bond motifs is 3. The molecule has 0 atom stereocenters. The number of piperidine rings is 1. The van der Waals surface area contributed by atoms with Gasteiger partial charge >= 0.3 is 0 Å². The van der Waals surface area contributed by atoms with Gasteiger partial charge in [-0.2, -0.15) is 9.61 Å². The number of benzene rings is 2. The first-order chi connectivity index (χ1) is 19.9. The van der Waals surface area contributed by atoms with Crippen molar-refractivity contribution in [2.45, 2.75) is 56.3 Å². The molecule has 0 radical (unpaired) electrons. The zero-order valence-corrected chi connectivity index (χ0v) is 25.6. The van der Waals surface area contributed by atoms with Crippen LogP contribution in [0.4, 0.5) is 11.5 Å². The van der Waals surface area contributed by atoms with Crippen molar-refractivity contribution in [2.75, 3.05) is 18.4 Å². The highest BCUT2D eigenvalue weighted by Gasteiger charge is 2.43. The normalized spacial score (nSPS) is 16.6. The highest BCUT2D eigenvalue weighted by Crippen LogP contribution is 2.44. The Balaban J connectivity index is 1.38. The van der Waals surface area contributed by atoms with Crippen LogP contribution in [0, 0.1) is 0 Å². The predicted octanol–water partition coefficient (Wildman–Crippen LogP) is 5.52. The standard InChI is InChI=1S/C29H30Cl2N6O4S/c1-28(2,3)35-42(39,40)24-16-33-37-25(34-23-14-19(30)8-9-22(23)31)20(15-32-26(24)37)27(38)36-12-10-29(11-13-36)21-7-5-4-6-18(21)17-41-29/h4-9,14-16,34-35H,10-13,17H2,1-3H3. The van der Waals surface area contributed by atoms with Gasteiger partial charge in [0.1, 0.15) is 16.3 Å². The van der Waals surface area contributed by atoms with Crippen LogP contribution in [0.1, 0.15) is 55.1 Å². The molecule has 1 amide bonds. The number of anilines is 2. The summed E-state index contributed by atoms with van der Waals surface area (Å²) in [7, 11) is -3.98. The highest BCUT2D eigenvalue weighted by atomic mass is 35.5. The van der Waals surface area contributed by atoms with Crippen LogP contribution in [0.15, 0.2) is 59.8 Å². The van der Waals surface area contributed by atoms with Crippen LogP contribution in [0.3, 0.4) is 0 Å². The fraction of sp³-hybridized carbons (Fsp3) is 0.345. The third kappa shape index (κ3) is 5.24. The molecule has 42 heavy (non-hydrogen) atoms. The number of hydrogen-bond donors (Lipinski definition) is 2. The molecule has 2 aromatic heterocycles. The number of nitrogens with one attached hydrogen (secondary N) is 2. The van der Waals surface area contributed by atoms with Crippen molar-refractivity contribution in [3.8, 4) is 0 Å². The topological polar surface area (TPSA) is 118 Å². The molecule has 1 fully saturated rings. The van der Waals surface area contributed by atoms with E-state index in [2.05, 4.69) is 32.3 Å². The summed E-state index contributed by atoms with van der Waals surface area (Å²) in [5.74, 6) is -0.0620. The molecule has 0 saturated carbocycles. The van der Waals surface area contributed by atoms with E-state index >= 15 is 0 Å². The second kappa shape index (κ2) is 10.5. The monoisotopic (exact) mass is 628 g/mol. The van der Waals surface area contributed by atoms with E-state index in [0.717, 1.165) is 0 Å². The van der Waals surface area contributed by atoms with Gasteiger partial charge in [0.25, 0.3) is 5.91 Å². The zero-order valence-electron chi connectivity index (χ0n) is 23.3. The molecular weight excluding hydrogens is 599 g/mol. The van der Waals surface area contributed by atoms with Gasteiger partial charge in [-0.15, -0.1) is 0 Å². The summed E-state index contributed by atoms with van der Waals surface area (Å²) in [6.07, 6.45) is 3.89. The molecule has 6 rings (SSSR count). The minimum absolute atomic E-state index is 0.0533. The SMILES string of the molecule is CC(C)(C)NS(=O)(=O)c1cnn2c(Nc3cc(Cl)ccc3Cl)c(C(=O)N3CCC4(CC3)OCc3ccccc34)cnc12. The molecule has 1 saturated heterocycles. The third-order valence-electron chi connectivity index (χ3n) is 7.51. The molecule has 220 valence electrons. The number of sulfonamides is 1. The Hall–Kier alpha value is -3.22. The lowest BCUT2D eigenvalue weighted by Gasteiger charge is -2.39. The van der Waals surface area contributed by atoms with Crippen molar-refractivity contribution in [2.24, 2.45) is 0 Å². The minimum atomic E-state index is -3.98. The largest absolute Gasteiger partial charge is 0.365 e. The summed E-state index contributed by atoms with van der Waals surface area (Å²) in [4.78, 5) is 20.1. The molecule has 2 aromatic carbocycles. The first kappa shape index (κ1) is 28.9. The number of carbonyl (C=O) groups is 1. The van der Waals surface area contributed by atoms with Crippen LogP contribution in [0.25, 0.3) is 5.65 Å². The number of likely N-dealkylation sites (tertiary alicyclic amines) is 1. The number of ether oxygens (including phenoxy) is 1. The Morgan fingerprint density at radius 1 is 1.07 bits per heavy atom. The van der Waals surface area contributed by atoms with Gasteiger partial charge in [0.15, 0.2) is 5.65 Å². The lowest BCUT2D eigenvalue weighted by Crippen LogP contribution is -2.45. The van der Waals surface area contributed by atoms with Crippen LogP contribution >= 0.6 is 23.2 Å². The quantitative estimate of drug-likeness (QED) is 0.299. The van der Waals surface area contributed by atoms with Gasteiger partial charge in [0.2, 0.25) is 10.0 Å². The van der Waals surface area contributed by atoms with E-state index in [4.69, 9.17) is 27.9 Å². The molecule has 2 aliphatic rings. The summed E-state index contributed by atoms with van der Waals surface area (Å²) in [6.45, 7) is 6.73. The number of hydrogen-bond acceptors (Lipinski definition) is 7. The Morgan fingerprint density at radius 2 is 1.81 bits per heavy atom. The van der Waals surface area contributed by atoms with Crippen molar-refractivity contribution < 1.29 is 17.9 Å². The molecule has 1 spiro atoms. The van der Waals surface area contributed by atoms with Crippen LogP contribution in [0.2, 0.25) is 10.0 Å². The highest BCUT2D eigenvalue weighted by molar-refractivity contribution is 7.89. The van der Waals surface area contributed by atoms with Crippen molar-refractivity contribution in [3.05, 3.63) is 81.6 Å². The summed E-state index contributed by atoms with van der Waals surface area (Å²) in [6, 6.07) is 13.1. The fourth-order valence-electron chi connectivity index (χ4n) is 5.59.